The lowest BCUT2D eigenvalue weighted by Gasteiger charge is -2.16. The predicted octanol–water partition coefficient (Wildman–Crippen LogP) is 0.634. The van der Waals surface area contributed by atoms with Crippen molar-refractivity contribution < 1.29 is 14.7 Å². The summed E-state index contributed by atoms with van der Waals surface area (Å²) in [6.07, 6.45) is 0. The molecule has 0 bridgehead atoms. The molecule has 0 aromatic carbocycles. The molecule has 1 N–H and O–H groups in total. The van der Waals surface area contributed by atoms with Crippen LogP contribution in [0.3, 0.4) is 0 Å². The molecular formula is C10H9N3O3. The molecule has 1 aromatic rings. The van der Waals surface area contributed by atoms with Crippen molar-refractivity contribution in [2.75, 3.05) is 11.9 Å². The number of hydrogen-bond acceptors (Lipinski definition) is 4. The fraction of sp³-hybridized carbons (Fsp3) is 0.200. The second kappa shape index (κ2) is 4.40. The first kappa shape index (κ1) is 11.7. The Labute approximate surface area is 91.7 Å². The van der Waals surface area contributed by atoms with E-state index in [1.807, 2.05) is 0 Å². The second-order valence-electron chi connectivity index (χ2n) is 3.06. The summed E-state index contributed by atoms with van der Waals surface area (Å²) >= 11 is 0. The number of nitriles is 1. The quantitative estimate of drug-likeness (QED) is 0.787. The Morgan fingerprint density at radius 2 is 2.12 bits per heavy atom. The van der Waals surface area contributed by atoms with Gasteiger partial charge in [-0.25, -0.2) is 9.78 Å². The number of carboxylic acids is 1. The maximum Gasteiger partial charge on any atom is 0.356 e. The molecule has 0 unspecified atom stereocenters. The van der Waals surface area contributed by atoms with Gasteiger partial charge in [0.15, 0.2) is 5.69 Å². The van der Waals surface area contributed by atoms with E-state index in [-0.39, 0.29) is 23.0 Å². The van der Waals surface area contributed by atoms with E-state index < -0.39 is 5.97 Å². The van der Waals surface area contributed by atoms with Crippen LogP contribution in [0.2, 0.25) is 0 Å². The van der Waals surface area contributed by atoms with Crippen LogP contribution in [0.4, 0.5) is 5.69 Å². The Morgan fingerprint density at radius 1 is 1.50 bits per heavy atom. The van der Waals surface area contributed by atoms with Crippen LogP contribution in [0, 0.1) is 11.3 Å². The van der Waals surface area contributed by atoms with Gasteiger partial charge in [-0.05, 0) is 12.1 Å². The van der Waals surface area contributed by atoms with Gasteiger partial charge in [0.2, 0.25) is 5.91 Å². The SMILES string of the molecule is CC(=O)N(C)c1ccc(C#N)nc1C(=O)O. The van der Waals surface area contributed by atoms with Crippen molar-refractivity contribution in [3.05, 3.63) is 23.5 Å². The van der Waals surface area contributed by atoms with E-state index in [0.717, 1.165) is 4.90 Å². The number of aromatic carboxylic acids is 1. The molecule has 1 amide bonds. The minimum absolute atomic E-state index is 0.00176. The molecule has 1 rings (SSSR count). The number of carbonyl (C=O) groups is 2. The van der Waals surface area contributed by atoms with Gasteiger partial charge in [0.1, 0.15) is 11.8 Å². The minimum Gasteiger partial charge on any atom is -0.476 e. The summed E-state index contributed by atoms with van der Waals surface area (Å²) in [5.41, 5.74) is -0.145. The summed E-state index contributed by atoms with van der Waals surface area (Å²) in [6.45, 7) is 1.31. The van der Waals surface area contributed by atoms with E-state index in [0.29, 0.717) is 0 Å². The largest absolute Gasteiger partial charge is 0.476 e. The Hall–Kier alpha value is -2.42. The highest BCUT2D eigenvalue weighted by Crippen LogP contribution is 2.18. The van der Waals surface area contributed by atoms with E-state index in [9.17, 15) is 9.59 Å². The number of amides is 1. The van der Waals surface area contributed by atoms with E-state index in [4.69, 9.17) is 10.4 Å². The van der Waals surface area contributed by atoms with Crippen LogP contribution in [-0.4, -0.2) is 29.0 Å². The maximum absolute atomic E-state index is 11.1. The standard InChI is InChI=1S/C10H9N3O3/c1-6(14)13(2)8-4-3-7(5-11)12-9(8)10(15)16/h3-4H,1-2H3,(H,15,16). The molecule has 0 radical (unpaired) electrons. The van der Waals surface area contributed by atoms with Gasteiger partial charge in [0, 0.05) is 14.0 Å². The minimum atomic E-state index is -1.28. The first-order chi connectivity index (χ1) is 7.47. The number of pyridine rings is 1. The zero-order chi connectivity index (χ0) is 12.3. The highest BCUT2D eigenvalue weighted by atomic mass is 16.4. The summed E-state index contributed by atoms with van der Waals surface area (Å²) in [5, 5.41) is 17.5. The van der Waals surface area contributed by atoms with E-state index in [2.05, 4.69) is 4.98 Å². The maximum atomic E-state index is 11.1. The van der Waals surface area contributed by atoms with Crippen molar-refractivity contribution in [1.29, 1.82) is 5.26 Å². The highest BCUT2D eigenvalue weighted by molar-refractivity contribution is 5.99. The number of rotatable bonds is 2. The number of aromatic nitrogens is 1. The molecule has 1 aromatic heterocycles. The Balaban J connectivity index is 3.35. The Bertz CT molecular complexity index is 491. The molecule has 0 aliphatic carbocycles. The molecule has 0 saturated carbocycles. The molecule has 1 heterocycles. The zero-order valence-electron chi connectivity index (χ0n) is 8.76. The first-order valence-electron chi connectivity index (χ1n) is 4.36. The lowest BCUT2D eigenvalue weighted by atomic mass is 10.2. The van der Waals surface area contributed by atoms with Gasteiger partial charge in [-0.15, -0.1) is 0 Å². The average Bonchev–Trinajstić information content (AvgIpc) is 2.26. The molecule has 0 saturated heterocycles. The summed E-state index contributed by atoms with van der Waals surface area (Å²) in [4.78, 5) is 26.8. The monoisotopic (exact) mass is 219 g/mol. The third-order valence-electron chi connectivity index (χ3n) is 2.02. The third kappa shape index (κ3) is 2.15. The van der Waals surface area contributed by atoms with Gasteiger partial charge in [0.25, 0.3) is 0 Å². The number of hydrogen-bond donors (Lipinski definition) is 1. The van der Waals surface area contributed by atoms with Crippen LogP contribution < -0.4 is 4.90 Å². The molecule has 0 atom stereocenters. The molecule has 6 heteroatoms. The third-order valence-corrected chi connectivity index (χ3v) is 2.02. The van der Waals surface area contributed by atoms with E-state index in [1.54, 1.807) is 6.07 Å². The van der Waals surface area contributed by atoms with Crippen molar-refractivity contribution in [3.8, 4) is 6.07 Å². The highest BCUT2D eigenvalue weighted by Gasteiger charge is 2.18. The predicted molar refractivity (Wildman–Crippen MR) is 55.0 cm³/mol. The smallest absolute Gasteiger partial charge is 0.356 e. The molecule has 0 aliphatic heterocycles. The van der Waals surface area contributed by atoms with Crippen LogP contribution in [0.5, 0.6) is 0 Å². The average molecular weight is 219 g/mol. The van der Waals surface area contributed by atoms with Crippen LogP contribution >= 0.6 is 0 Å². The summed E-state index contributed by atoms with van der Waals surface area (Å²) in [7, 11) is 1.44. The van der Waals surface area contributed by atoms with Gasteiger partial charge in [-0.1, -0.05) is 0 Å². The fourth-order valence-electron chi connectivity index (χ4n) is 1.11. The van der Waals surface area contributed by atoms with Gasteiger partial charge < -0.3 is 10.0 Å². The lowest BCUT2D eigenvalue weighted by molar-refractivity contribution is -0.116. The first-order valence-corrected chi connectivity index (χ1v) is 4.36. The summed E-state index contributed by atoms with van der Waals surface area (Å²) in [6, 6.07) is 4.49. The molecule has 0 aliphatic rings. The molecule has 6 nitrogen and oxygen atoms in total. The van der Waals surface area contributed by atoms with Crippen LogP contribution in [0.25, 0.3) is 0 Å². The fourth-order valence-corrected chi connectivity index (χ4v) is 1.11. The lowest BCUT2D eigenvalue weighted by Crippen LogP contribution is -2.25. The molecule has 0 spiro atoms. The van der Waals surface area contributed by atoms with Gasteiger partial charge >= 0.3 is 5.97 Å². The molecule has 82 valence electrons. The van der Waals surface area contributed by atoms with Crippen molar-refractivity contribution >= 4 is 17.6 Å². The van der Waals surface area contributed by atoms with Crippen LogP contribution in [0.15, 0.2) is 12.1 Å². The number of carboxylic acid groups (broad SMARTS) is 1. The van der Waals surface area contributed by atoms with Gasteiger partial charge in [-0.3, -0.25) is 4.79 Å². The van der Waals surface area contributed by atoms with Gasteiger partial charge in [-0.2, -0.15) is 5.26 Å². The topological polar surface area (TPSA) is 94.3 Å². The molecular weight excluding hydrogens is 210 g/mol. The summed E-state index contributed by atoms with van der Waals surface area (Å²) < 4.78 is 0. The van der Waals surface area contributed by atoms with Crippen molar-refractivity contribution in [2.45, 2.75) is 6.92 Å². The molecule has 0 fully saturated rings. The second-order valence-corrected chi connectivity index (χ2v) is 3.06. The summed E-state index contributed by atoms with van der Waals surface area (Å²) in [5.74, 6) is -1.59. The number of carbonyl (C=O) groups excluding carboxylic acids is 1. The van der Waals surface area contributed by atoms with Crippen LogP contribution in [0.1, 0.15) is 23.1 Å². The Morgan fingerprint density at radius 3 is 2.56 bits per heavy atom. The number of anilines is 1. The van der Waals surface area contributed by atoms with Gasteiger partial charge in [0.05, 0.1) is 5.69 Å². The molecule has 16 heavy (non-hydrogen) atoms. The van der Waals surface area contributed by atoms with Crippen molar-refractivity contribution in [1.82, 2.24) is 4.98 Å². The normalized spacial score (nSPS) is 9.31. The number of nitrogens with zero attached hydrogens (tertiary/aromatic N) is 3. The zero-order valence-corrected chi connectivity index (χ0v) is 8.76. The van der Waals surface area contributed by atoms with E-state index in [1.165, 1.54) is 26.1 Å². The van der Waals surface area contributed by atoms with Crippen molar-refractivity contribution in [2.24, 2.45) is 0 Å². The van der Waals surface area contributed by atoms with Crippen LogP contribution in [-0.2, 0) is 4.79 Å². The van der Waals surface area contributed by atoms with Crippen molar-refractivity contribution in [3.63, 3.8) is 0 Å². The Kier molecular flexibility index (Phi) is 3.20. The van der Waals surface area contributed by atoms with E-state index >= 15 is 0 Å².